The molecule has 1 aromatic heterocycles. The van der Waals surface area contributed by atoms with Crippen LogP contribution >= 0.6 is 11.6 Å². The monoisotopic (exact) mass is 264 g/mol. The summed E-state index contributed by atoms with van der Waals surface area (Å²) in [6.07, 6.45) is 1.29. The average Bonchev–Trinajstić information content (AvgIpc) is 2.35. The van der Waals surface area contributed by atoms with Gasteiger partial charge in [0.15, 0.2) is 0 Å². The molecule has 0 aliphatic heterocycles. The van der Waals surface area contributed by atoms with Crippen molar-refractivity contribution in [1.29, 1.82) is 0 Å². The van der Waals surface area contributed by atoms with Gasteiger partial charge in [-0.15, -0.1) is 0 Å². The Balaban J connectivity index is 2.55. The lowest BCUT2D eigenvalue weighted by Gasteiger charge is -2.12. The molecule has 18 heavy (non-hydrogen) atoms. The maximum atomic E-state index is 12.2. The minimum absolute atomic E-state index is 0.123. The molecule has 0 N–H and O–H groups in total. The van der Waals surface area contributed by atoms with Gasteiger partial charge in [0.25, 0.3) is 0 Å². The maximum Gasteiger partial charge on any atom is 0.315 e. The first kappa shape index (κ1) is 12.6. The minimum atomic E-state index is -0.359. The normalized spacial score (nSPS) is 10.7. The third-order valence-electron chi connectivity index (χ3n) is 2.24. The van der Waals surface area contributed by atoms with Gasteiger partial charge in [0.05, 0.1) is 18.0 Å². The van der Waals surface area contributed by atoms with E-state index in [-0.39, 0.29) is 22.4 Å². The molecule has 2 rings (SSSR count). The zero-order valence-electron chi connectivity index (χ0n) is 10.1. The van der Waals surface area contributed by atoms with Crippen LogP contribution < -0.4 is 10.3 Å². The molecule has 1 aromatic carbocycles. The third kappa shape index (κ3) is 2.54. The minimum Gasteiger partial charge on any atom is -0.484 e. The van der Waals surface area contributed by atoms with E-state index in [0.717, 1.165) is 0 Å². The van der Waals surface area contributed by atoms with Crippen LogP contribution in [0.4, 0.5) is 0 Å². The van der Waals surface area contributed by atoms with E-state index >= 15 is 0 Å². The summed E-state index contributed by atoms with van der Waals surface area (Å²) < 4.78 is 6.70. The predicted molar refractivity (Wildman–Crippen MR) is 70.6 cm³/mol. The van der Waals surface area contributed by atoms with Gasteiger partial charge in [0, 0.05) is 0 Å². The van der Waals surface area contributed by atoms with Gasteiger partial charge in [0.2, 0.25) is 5.75 Å². The zero-order valence-corrected chi connectivity index (χ0v) is 10.9. The standard InChI is InChI=1S/C13H13ClN2O2/c1-9(2)18-12-11(14)8-15-16(13(12)17)10-6-4-3-5-7-10/h3-9H,1-2H3. The number of benzene rings is 1. The molecule has 1 heterocycles. The maximum absolute atomic E-state index is 12.2. The van der Waals surface area contributed by atoms with Crippen molar-refractivity contribution in [2.45, 2.75) is 20.0 Å². The number of ether oxygens (including phenoxy) is 1. The first-order valence-corrected chi connectivity index (χ1v) is 5.97. The summed E-state index contributed by atoms with van der Waals surface area (Å²) in [5, 5.41) is 4.23. The molecular formula is C13H13ClN2O2. The van der Waals surface area contributed by atoms with Crippen molar-refractivity contribution < 1.29 is 4.74 Å². The largest absolute Gasteiger partial charge is 0.484 e. The van der Waals surface area contributed by atoms with Crippen molar-refractivity contribution in [2.24, 2.45) is 0 Å². The fourth-order valence-corrected chi connectivity index (χ4v) is 1.68. The van der Waals surface area contributed by atoms with Crippen molar-refractivity contribution in [3.63, 3.8) is 0 Å². The topological polar surface area (TPSA) is 44.1 Å². The van der Waals surface area contributed by atoms with Gasteiger partial charge in [-0.3, -0.25) is 4.79 Å². The Morgan fingerprint density at radius 2 is 1.94 bits per heavy atom. The Bertz CT molecular complexity index is 594. The van der Waals surface area contributed by atoms with Gasteiger partial charge in [-0.05, 0) is 26.0 Å². The van der Waals surface area contributed by atoms with E-state index in [1.165, 1.54) is 10.9 Å². The zero-order chi connectivity index (χ0) is 13.1. The second kappa shape index (κ2) is 5.23. The molecule has 94 valence electrons. The van der Waals surface area contributed by atoms with E-state index in [0.29, 0.717) is 5.69 Å². The van der Waals surface area contributed by atoms with E-state index in [1.807, 2.05) is 32.0 Å². The average molecular weight is 265 g/mol. The van der Waals surface area contributed by atoms with Gasteiger partial charge in [-0.1, -0.05) is 29.8 Å². The molecule has 0 unspecified atom stereocenters. The lowest BCUT2D eigenvalue weighted by molar-refractivity contribution is 0.237. The summed E-state index contributed by atoms with van der Waals surface area (Å²) in [4.78, 5) is 12.2. The summed E-state index contributed by atoms with van der Waals surface area (Å²) in [6, 6.07) is 9.13. The van der Waals surface area contributed by atoms with Gasteiger partial charge in [-0.2, -0.15) is 9.78 Å². The van der Waals surface area contributed by atoms with Crippen LogP contribution in [0.5, 0.6) is 5.75 Å². The molecule has 0 fully saturated rings. The highest BCUT2D eigenvalue weighted by Crippen LogP contribution is 2.19. The molecule has 0 spiro atoms. The van der Waals surface area contributed by atoms with Gasteiger partial charge in [0.1, 0.15) is 5.02 Å². The molecule has 0 aliphatic carbocycles. The Kier molecular flexibility index (Phi) is 3.67. The predicted octanol–water partition coefficient (Wildman–Crippen LogP) is 2.67. The van der Waals surface area contributed by atoms with Gasteiger partial charge < -0.3 is 4.74 Å². The van der Waals surface area contributed by atoms with Crippen LogP contribution in [0.25, 0.3) is 5.69 Å². The van der Waals surface area contributed by atoms with Crippen molar-refractivity contribution >= 4 is 11.6 Å². The van der Waals surface area contributed by atoms with Crippen LogP contribution in [-0.2, 0) is 0 Å². The van der Waals surface area contributed by atoms with Crippen LogP contribution in [0.3, 0.4) is 0 Å². The molecule has 0 amide bonds. The Morgan fingerprint density at radius 1 is 1.28 bits per heavy atom. The summed E-state index contributed by atoms with van der Waals surface area (Å²) in [5.74, 6) is 0.130. The SMILES string of the molecule is CC(C)Oc1c(Cl)cnn(-c2ccccc2)c1=O. The number of nitrogens with zero attached hydrogens (tertiary/aromatic N) is 2. The van der Waals surface area contributed by atoms with Crippen LogP contribution in [0.15, 0.2) is 41.3 Å². The van der Waals surface area contributed by atoms with Crippen molar-refractivity contribution in [2.75, 3.05) is 0 Å². The number of hydrogen-bond donors (Lipinski definition) is 0. The lowest BCUT2D eigenvalue weighted by Crippen LogP contribution is -2.24. The summed E-state index contributed by atoms with van der Waals surface area (Å²) in [5.41, 5.74) is 0.315. The number of halogens is 1. The number of aromatic nitrogens is 2. The van der Waals surface area contributed by atoms with Crippen molar-refractivity contribution in [1.82, 2.24) is 9.78 Å². The van der Waals surface area contributed by atoms with Crippen LogP contribution in [0, 0.1) is 0 Å². The lowest BCUT2D eigenvalue weighted by atomic mass is 10.3. The van der Waals surface area contributed by atoms with E-state index in [2.05, 4.69) is 5.10 Å². The Morgan fingerprint density at radius 3 is 2.56 bits per heavy atom. The summed E-state index contributed by atoms with van der Waals surface area (Å²) in [7, 11) is 0. The number of hydrogen-bond acceptors (Lipinski definition) is 3. The highest BCUT2D eigenvalue weighted by atomic mass is 35.5. The molecule has 0 aliphatic rings. The van der Waals surface area contributed by atoms with Gasteiger partial charge >= 0.3 is 5.56 Å². The van der Waals surface area contributed by atoms with Crippen molar-refractivity contribution in [3.05, 3.63) is 51.9 Å². The van der Waals surface area contributed by atoms with Crippen LogP contribution in [-0.4, -0.2) is 15.9 Å². The van der Waals surface area contributed by atoms with E-state index in [4.69, 9.17) is 16.3 Å². The highest BCUT2D eigenvalue weighted by molar-refractivity contribution is 6.31. The van der Waals surface area contributed by atoms with Crippen LogP contribution in [0.2, 0.25) is 5.02 Å². The summed E-state index contributed by atoms with van der Waals surface area (Å²) >= 11 is 5.93. The first-order chi connectivity index (χ1) is 8.59. The fourth-order valence-electron chi connectivity index (χ4n) is 1.51. The number of para-hydroxylation sites is 1. The van der Waals surface area contributed by atoms with E-state index in [9.17, 15) is 4.79 Å². The molecule has 5 heteroatoms. The summed E-state index contributed by atoms with van der Waals surface area (Å²) in [6.45, 7) is 3.67. The second-order valence-corrected chi connectivity index (χ2v) is 4.45. The quantitative estimate of drug-likeness (QED) is 0.856. The van der Waals surface area contributed by atoms with E-state index in [1.54, 1.807) is 12.1 Å². The van der Waals surface area contributed by atoms with Crippen molar-refractivity contribution in [3.8, 4) is 11.4 Å². The molecule has 4 nitrogen and oxygen atoms in total. The third-order valence-corrected chi connectivity index (χ3v) is 2.51. The Hall–Kier alpha value is -1.81. The smallest absolute Gasteiger partial charge is 0.315 e. The van der Waals surface area contributed by atoms with E-state index < -0.39 is 0 Å². The fraction of sp³-hybridized carbons (Fsp3) is 0.231. The molecular weight excluding hydrogens is 252 g/mol. The Labute approximate surface area is 110 Å². The van der Waals surface area contributed by atoms with Crippen LogP contribution in [0.1, 0.15) is 13.8 Å². The molecule has 0 atom stereocenters. The highest BCUT2D eigenvalue weighted by Gasteiger charge is 2.13. The van der Waals surface area contributed by atoms with Gasteiger partial charge in [-0.25, -0.2) is 0 Å². The molecule has 2 aromatic rings. The first-order valence-electron chi connectivity index (χ1n) is 5.59. The molecule has 0 saturated carbocycles. The number of rotatable bonds is 3. The molecule has 0 bridgehead atoms. The molecule has 0 saturated heterocycles. The molecule has 0 radical (unpaired) electrons. The second-order valence-electron chi connectivity index (χ2n) is 4.04.